The van der Waals surface area contributed by atoms with Crippen LogP contribution in [0.2, 0.25) is 0 Å². The van der Waals surface area contributed by atoms with Crippen molar-refractivity contribution in [3.63, 3.8) is 0 Å². The third-order valence-corrected chi connectivity index (χ3v) is 2.95. The minimum Gasteiger partial charge on any atom is -0.493 e. The molecule has 0 saturated heterocycles. The maximum atomic E-state index is 11.6. The lowest BCUT2D eigenvalue weighted by Gasteiger charge is -2.09. The highest BCUT2D eigenvalue weighted by Gasteiger charge is 2.12. The predicted octanol–water partition coefficient (Wildman–Crippen LogP) is 1.45. The van der Waals surface area contributed by atoms with E-state index < -0.39 is 24.6 Å². The smallest absolute Gasteiger partial charge is 0.413 e. The van der Waals surface area contributed by atoms with E-state index in [1.165, 1.54) is 14.2 Å². The lowest BCUT2D eigenvalue weighted by Crippen LogP contribution is -2.34. The Bertz CT molecular complexity index is 586. The molecule has 2 amide bonds. The number of nitrogens with one attached hydrogen (secondary N) is 1. The van der Waals surface area contributed by atoms with E-state index in [0.717, 1.165) is 5.56 Å². The summed E-state index contributed by atoms with van der Waals surface area (Å²) < 4.78 is 19.6. The van der Waals surface area contributed by atoms with Gasteiger partial charge in [-0.3, -0.25) is 14.9 Å². The Balaban J connectivity index is 2.38. The lowest BCUT2D eigenvalue weighted by molar-refractivity contribution is -0.148. The number of carbonyl (C=O) groups excluding carboxylic acids is 3. The summed E-state index contributed by atoms with van der Waals surface area (Å²) >= 11 is 0. The minimum atomic E-state index is -0.871. The Labute approximate surface area is 140 Å². The molecular weight excluding hydrogens is 318 g/mol. The van der Waals surface area contributed by atoms with Crippen LogP contribution in [0.1, 0.15) is 18.9 Å². The molecule has 0 aliphatic heterocycles. The van der Waals surface area contributed by atoms with Gasteiger partial charge in [-0.25, -0.2) is 4.79 Å². The Morgan fingerprint density at radius 3 is 2.38 bits per heavy atom. The highest BCUT2D eigenvalue weighted by molar-refractivity contribution is 5.93. The van der Waals surface area contributed by atoms with Crippen LogP contribution in [0, 0.1) is 0 Å². The number of imide groups is 1. The SMILES string of the molecule is CCOC(=O)NC(=O)COC(=O)CCc1ccc(OC)c(OC)c1. The third kappa shape index (κ3) is 6.55. The van der Waals surface area contributed by atoms with E-state index in [2.05, 4.69) is 4.74 Å². The zero-order valence-corrected chi connectivity index (χ0v) is 13.9. The van der Waals surface area contributed by atoms with Gasteiger partial charge in [0.05, 0.1) is 20.8 Å². The molecule has 0 spiro atoms. The number of amides is 2. The first kappa shape index (κ1) is 19.3. The fraction of sp³-hybridized carbons (Fsp3) is 0.438. The van der Waals surface area contributed by atoms with Crippen molar-refractivity contribution >= 4 is 18.0 Å². The fourth-order valence-electron chi connectivity index (χ4n) is 1.82. The zero-order chi connectivity index (χ0) is 17.9. The Morgan fingerprint density at radius 1 is 1.04 bits per heavy atom. The summed E-state index contributed by atoms with van der Waals surface area (Å²) in [6.07, 6.45) is -0.371. The summed E-state index contributed by atoms with van der Waals surface area (Å²) in [5.74, 6) is -0.131. The first-order valence-corrected chi connectivity index (χ1v) is 7.33. The second-order valence-electron chi connectivity index (χ2n) is 4.62. The summed E-state index contributed by atoms with van der Waals surface area (Å²) in [6.45, 7) is 1.21. The maximum absolute atomic E-state index is 11.6. The van der Waals surface area contributed by atoms with E-state index in [0.29, 0.717) is 17.9 Å². The monoisotopic (exact) mass is 339 g/mol. The van der Waals surface area contributed by atoms with Crippen LogP contribution in [0.15, 0.2) is 18.2 Å². The maximum Gasteiger partial charge on any atom is 0.413 e. The number of carbonyl (C=O) groups is 3. The van der Waals surface area contributed by atoms with Crippen molar-refractivity contribution in [2.24, 2.45) is 0 Å². The van der Waals surface area contributed by atoms with Gasteiger partial charge in [-0.1, -0.05) is 6.07 Å². The molecule has 0 bridgehead atoms. The number of rotatable bonds is 8. The molecule has 0 aliphatic carbocycles. The van der Waals surface area contributed by atoms with Crippen LogP contribution in [0.25, 0.3) is 0 Å². The predicted molar refractivity (Wildman–Crippen MR) is 84.0 cm³/mol. The van der Waals surface area contributed by atoms with E-state index in [9.17, 15) is 14.4 Å². The van der Waals surface area contributed by atoms with Gasteiger partial charge in [0.15, 0.2) is 18.1 Å². The van der Waals surface area contributed by atoms with Gasteiger partial charge in [0.1, 0.15) is 0 Å². The average Bonchev–Trinajstić information content (AvgIpc) is 2.57. The molecule has 0 heterocycles. The molecule has 132 valence electrons. The second-order valence-corrected chi connectivity index (χ2v) is 4.62. The number of hydrogen-bond acceptors (Lipinski definition) is 7. The van der Waals surface area contributed by atoms with E-state index in [1.54, 1.807) is 19.1 Å². The number of benzene rings is 1. The molecule has 8 nitrogen and oxygen atoms in total. The van der Waals surface area contributed by atoms with Crippen LogP contribution >= 0.6 is 0 Å². The molecule has 0 unspecified atom stereocenters. The van der Waals surface area contributed by atoms with Crippen LogP contribution in [-0.2, 0) is 25.5 Å². The molecule has 1 aromatic carbocycles. The number of ether oxygens (including phenoxy) is 4. The first-order valence-electron chi connectivity index (χ1n) is 7.33. The second kappa shape index (κ2) is 10.1. The molecule has 1 N–H and O–H groups in total. The molecule has 1 aromatic rings. The first-order chi connectivity index (χ1) is 11.5. The molecule has 1 rings (SSSR count). The topological polar surface area (TPSA) is 100 Å². The number of methoxy groups -OCH3 is 2. The van der Waals surface area contributed by atoms with E-state index >= 15 is 0 Å². The van der Waals surface area contributed by atoms with Gasteiger partial charge in [-0.05, 0) is 31.0 Å². The standard InChI is InChI=1S/C16H21NO7/c1-4-23-16(20)17-14(18)10-24-15(19)8-6-11-5-7-12(21-2)13(9-11)22-3/h5,7,9H,4,6,8,10H2,1-3H3,(H,17,18,20). The number of esters is 1. The minimum absolute atomic E-state index is 0.0855. The highest BCUT2D eigenvalue weighted by Crippen LogP contribution is 2.27. The van der Waals surface area contributed by atoms with Gasteiger partial charge in [0.25, 0.3) is 5.91 Å². The fourth-order valence-corrected chi connectivity index (χ4v) is 1.82. The van der Waals surface area contributed by atoms with Crippen LogP contribution in [0.4, 0.5) is 4.79 Å². The van der Waals surface area contributed by atoms with Crippen LogP contribution in [0.3, 0.4) is 0 Å². The Hall–Kier alpha value is -2.77. The summed E-state index contributed by atoms with van der Waals surface area (Å²) in [7, 11) is 3.06. The molecule has 0 aromatic heterocycles. The Kier molecular flexibility index (Phi) is 8.10. The molecule has 0 radical (unpaired) electrons. The molecular formula is C16H21NO7. The molecule has 0 aliphatic rings. The average molecular weight is 339 g/mol. The largest absolute Gasteiger partial charge is 0.493 e. The molecule has 0 saturated carbocycles. The van der Waals surface area contributed by atoms with Crippen molar-refractivity contribution in [1.82, 2.24) is 5.32 Å². The number of aryl methyl sites for hydroxylation is 1. The van der Waals surface area contributed by atoms with E-state index in [4.69, 9.17) is 14.2 Å². The van der Waals surface area contributed by atoms with Gasteiger partial charge in [-0.2, -0.15) is 0 Å². The van der Waals surface area contributed by atoms with Crippen molar-refractivity contribution < 1.29 is 33.3 Å². The molecule has 24 heavy (non-hydrogen) atoms. The molecule has 0 fully saturated rings. The van der Waals surface area contributed by atoms with Crippen molar-refractivity contribution in [3.8, 4) is 11.5 Å². The summed E-state index contributed by atoms with van der Waals surface area (Å²) in [5.41, 5.74) is 0.862. The van der Waals surface area contributed by atoms with E-state index in [1.807, 2.05) is 11.4 Å². The highest BCUT2D eigenvalue weighted by atomic mass is 16.6. The van der Waals surface area contributed by atoms with Gasteiger partial charge in [0.2, 0.25) is 0 Å². The number of alkyl carbamates (subject to hydrolysis) is 1. The summed E-state index contributed by atoms with van der Waals surface area (Å²) in [6, 6.07) is 5.31. The van der Waals surface area contributed by atoms with E-state index in [-0.39, 0.29) is 13.0 Å². The van der Waals surface area contributed by atoms with Crippen LogP contribution in [-0.4, -0.2) is 45.4 Å². The quantitative estimate of drug-likeness (QED) is 0.715. The van der Waals surface area contributed by atoms with Crippen LogP contribution < -0.4 is 14.8 Å². The van der Waals surface area contributed by atoms with Crippen molar-refractivity contribution in [2.45, 2.75) is 19.8 Å². The lowest BCUT2D eigenvalue weighted by atomic mass is 10.1. The zero-order valence-electron chi connectivity index (χ0n) is 13.9. The van der Waals surface area contributed by atoms with Gasteiger partial charge < -0.3 is 18.9 Å². The van der Waals surface area contributed by atoms with Crippen molar-refractivity contribution in [2.75, 3.05) is 27.4 Å². The van der Waals surface area contributed by atoms with Crippen molar-refractivity contribution in [1.29, 1.82) is 0 Å². The number of hydrogen-bond donors (Lipinski definition) is 1. The third-order valence-electron chi connectivity index (χ3n) is 2.95. The summed E-state index contributed by atoms with van der Waals surface area (Å²) in [5, 5.41) is 1.93. The van der Waals surface area contributed by atoms with Gasteiger partial charge >= 0.3 is 12.1 Å². The van der Waals surface area contributed by atoms with Gasteiger partial charge in [0, 0.05) is 6.42 Å². The van der Waals surface area contributed by atoms with Gasteiger partial charge in [-0.15, -0.1) is 0 Å². The van der Waals surface area contributed by atoms with Crippen molar-refractivity contribution in [3.05, 3.63) is 23.8 Å². The molecule has 8 heteroatoms. The Morgan fingerprint density at radius 2 is 1.75 bits per heavy atom. The van der Waals surface area contributed by atoms with Crippen LogP contribution in [0.5, 0.6) is 11.5 Å². The normalized spacial score (nSPS) is 9.79. The summed E-state index contributed by atoms with van der Waals surface area (Å²) in [4.78, 5) is 34.0. The molecule has 0 atom stereocenters.